The highest BCUT2D eigenvalue weighted by molar-refractivity contribution is 5.91. The van der Waals surface area contributed by atoms with E-state index in [1.54, 1.807) is 0 Å². The molecule has 15 heteroatoms. The Morgan fingerprint density at radius 2 is 1.47 bits per heavy atom. The Labute approximate surface area is 191 Å². The molecule has 2 aliphatic heterocycles. The lowest BCUT2D eigenvalue weighted by atomic mass is 9.99. The van der Waals surface area contributed by atoms with Gasteiger partial charge in [0.1, 0.15) is 49.3 Å². The molecule has 0 amide bonds. The average Bonchev–Trinajstić information content (AvgIpc) is 3.05. The summed E-state index contributed by atoms with van der Waals surface area (Å²) in [6.07, 6.45) is -14.0. The van der Waals surface area contributed by atoms with E-state index in [9.17, 15) is 55.9 Å². The third-order valence-electron chi connectivity index (χ3n) is 5.56. The molecule has 2 aliphatic rings. The van der Waals surface area contributed by atoms with Crippen LogP contribution in [0.3, 0.4) is 0 Å². The standard InChI is InChI=1S/C19H26O15/c20-3-9-12(25)14(27)15(28)18(32-9)34-19(16(29)13(26)10(4-21)33-19)5-31-17(30)6-1-7(22)11(24)8(23)2-6/h1-2,9-10,12-16,18,20-29H,3-5H2/t9-,10+,12-,13-,14-,15-,16-,18-,19+/m0/s1. The van der Waals surface area contributed by atoms with E-state index in [1.165, 1.54) is 0 Å². The first kappa shape index (κ1) is 26.3. The van der Waals surface area contributed by atoms with Crippen LogP contribution in [0.5, 0.6) is 17.2 Å². The van der Waals surface area contributed by atoms with Crippen molar-refractivity contribution in [1.29, 1.82) is 0 Å². The highest BCUT2D eigenvalue weighted by atomic mass is 16.8. The molecule has 1 aromatic rings. The van der Waals surface area contributed by atoms with Crippen molar-refractivity contribution in [2.75, 3.05) is 19.8 Å². The molecular weight excluding hydrogens is 468 g/mol. The van der Waals surface area contributed by atoms with Crippen molar-refractivity contribution in [2.24, 2.45) is 0 Å². The Morgan fingerprint density at radius 1 is 0.882 bits per heavy atom. The van der Waals surface area contributed by atoms with Gasteiger partial charge in [0.15, 0.2) is 23.5 Å². The van der Waals surface area contributed by atoms with E-state index < -0.39 is 103 Å². The molecule has 192 valence electrons. The number of phenols is 3. The van der Waals surface area contributed by atoms with Gasteiger partial charge in [0.05, 0.1) is 18.8 Å². The van der Waals surface area contributed by atoms with Crippen molar-refractivity contribution >= 4 is 5.97 Å². The number of benzene rings is 1. The summed E-state index contributed by atoms with van der Waals surface area (Å²) in [5, 5.41) is 98.1. The number of esters is 1. The number of aliphatic hydroxyl groups is 7. The maximum Gasteiger partial charge on any atom is 0.338 e. The van der Waals surface area contributed by atoms with Gasteiger partial charge in [-0.1, -0.05) is 0 Å². The molecule has 9 atom stereocenters. The summed E-state index contributed by atoms with van der Waals surface area (Å²) in [5.74, 6) is -6.28. The zero-order valence-corrected chi connectivity index (χ0v) is 17.4. The topological polar surface area (TPSA) is 256 Å². The van der Waals surface area contributed by atoms with Gasteiger partial charge in [-0.25, -0.2) is 4.79 Å². The molecule has 2 fully saturated rings. The molecule has 0 spiro atoms. The Bertz CT molecular complexity index is 854. The fourth-order valence-corrected chi connectivity index (χ4v) is 3.59. The van der Waals surface area contributed by atoms with Gasteiger partial charge in [-0.15, -0.1) is 0 Å². The van der Waals surface area contributed by atoms with Gasteiger partial charge in [-0.3, -0.25) is 0 Å². The van der Waals surface area contributed by atoms with Crippen molar-refractivity contribution < 1.29 is 74.8 Å². The molecule has 2 heterocycles. The van der Waals surface area contributed by atoms with Crippen LogP contribution >= 0.6 is 0 Å². The normalized spacial score (nSPS) is 38.1. The predicted molar refractivity (Wildman–Crippen MR) is 103 cm³/mol. The quantitative estimate of drug-likeness (QED) is 0.127. The minimum absolute atomic E-state index is 0.442. The zero-order chi connectivity index (χ0) is 25.4. The largest absolute Gasteiger partial charge is 0.504 e. The average molecular weight is 494 g/mol. The van der Waals surface area contributed by atoms with Crippen LogP contribution < -0.4 is 0 Å². The molecule has 0 bridgehead atoms. The molecule has 3 rings (SSSR count). The smallest absolute Gasteiger partial charge is 0.338 e. The molecular formula is C19H26O15. The lowest BCUT2D eigenvalue weighted by Gasteiger charge is -2.43. The van der Waals surface area contributed by atoms with Crippen LogP contribution in [0.2, 0.25) is 0 Å². The third kappa shape index (κ3) is 4.76. The summed E-state index contributed by atoms with van der Waals surface area (Å²) in [6, 6.07) is 1.53. The minimum atomic E-state index is -2.49. The van der Waals surface area contributed by atoms with Gasteiger partial charge in [-0.2, -0.15) is 0 Å². The first-order valence-corrected chi connectivity index (χ1v) is 10.0. The van der Waals surface area contributed by atoms with Crippen LogP contribution in [0, 0.1) is 0 Å². The summed E-state index contributed by atoms with van der Waals surface area (Å²) in [7, 11) is 0. The summed E-state index contributed by atoms with van der Waals surface area (Å²) >= 11 is 0. The lowest BCUT2D eigenvalue weighted by Crippen LogP contribution is -2.62. The predicted octanol–water partition coefficient (Wildman–Crippen LogP) is -4.41. The number of carbonyl (C=O) groups is 1. The number of carbonyl (C=O) groups excluding carboxylic acids is 1. The number of rotatable bonds is 7. The van der Waals surface area contributed by atoms with Crippen LogP contribution in [0.1, 0.15) is 10.4 Å². The van der Waals surface area contributed by atoms with Crippen molar-refractivity contribution in [1.82, 2.24) is 0 Å². The fraction of sp³-hybridized carbons (Fsp3) is 0.632. The first-order valence-electron chi connectivity index (χ1n) is 10.0. The van der Waals surface area contributed by atoms with Crippen molar-refractivity contribution in [2.45, 2.75) is 54.8 Å². The van der Waals surface area contributed by atoms with Gasteiger partial charge in [0.2, 0.25) is 5.79 Å². The second-order valence-electron chi connectivity index (χ2n) is 7.84. The maximum atomic E-state index is 12.4. The van der Waals surface area contributed by atoms with Gasteiger partial charge in [-0.05, 0) is 12.1 Å². The number of phenolic OH excluding ortho intramolecular Hbond substituents is 3. The van der Waals surface area contributed by atoms with E-state index in [-0.39, 0.29) is 0 Å². The summed E-state index contributed by atoms with van der Waals surface area (Å²) in [5.41, 5.74) is -0.442. The maximum absolute atomic E-state index is 12.4. The summed E-state index contributed by atoms with van der Waals surface area (Å²) in [4.78, 5) is 12.4. The van der Waals surface area contributed by atoms with Crippen LogP contribution in [-0.4, -0.2) is 132 Å². The van der Waals surface area contributed by atoms with E-state index in [0.29, 0.717) is 0 Å². The molecule has 34 heavy (non-hydrogen) atoms. The van der Waals surface area contributed by atoms with Crippen LogP contribution in [-0.2, 0) is 18.9 Å². The van der Waals surface area contributed by atoms with Crippen molar-refractivity contribution in [3.8, 4) is 17.2 Å². The molecule has 15 nitrogen and oxygen atoms in total. The van der Waals surface area contributed by atoms with E-state index in [4.69, 9.17) is 18.9 Å². The lowest BCUT2D eigenvalue weighted by molar-refractivity contribution is -0.383. The summed E-state index contributed by atoms with van der Waals surface area (Å²) < 4.78 is 21.0. The van der Waals surface area contributed by atoms with Crippen LogP contribution in [0.25, 0.3) is 0 Å². The van der Waals surface area contributed by atoms with Crippen molar-refractivity contribution in [3.05, 3.63) is 17.7 Å². The number of hydrogen-bond acceptors (Lipinski definition) is 15. The SMILES string of the molecule is O=C(OC[C@]1(O[C@@H]2O[C@@H](CO)[C@H](O)[C@H](O)[C@@H]2O)O[C@H](CO)[C@H](O)[C@@H]1O)c1cc(O)c(O)c(O)c1. The Balaban J connectivity index is 1.85. The number of ether oxygens (including phenoxy) is 4. The second kappa shape index (κ2) is 10.1. The third-order valence-corrected chi connectivity index (χ3v) is 5.56. The molecule has 0 unspecified atom stereocenters. The number of hydrogen-bond donors (Lipinski definition) is 10. The van der Waals surface area contributed by atoms with Gasteiger partial charge in [0, 0.05) is 0 Å². The first-order chi connectivity index (χ1) is 16.0. The van der Waals surface area contributed by atoms with E-state index in [2.05, 4.69) is 0 Å². The van der Waals surface area contributed by atoms with E-state index in [0.717, 1.165) is 12.1 Å². The van der Waals surface area contributed by atoms with E-state index >= 15 is 0 Å². The highest BCUT2D eigenvalue weighted by Gasteiger charge is 2.59. The zero-order valence-electron chi connectivity index (χ0n) is 17.4. The summed E-state index contributed by atoms with van der Waals surface area (Å²) in [6.45, 7) is -2.63. The Hall–Kier alpha value is -2.31. The van der Waals surface area contributed by atoms with Crippen LogP contribution in [0.4, 0.5) is 0 Å². The fourth-order valence-electron chi connectivity index (χ4n) is 3.59. The number of aromatic hydroxyl groups is 3. The molecule has 1 aromatic carbocycles. The Morgan fingerprint density at radius 3 is 2.00 bits per heavy atom. The van der Waals surface area contributed by atoms with Gasteiger partial charge in [0.25, 0.3) is 0 Å². The number of aliphatic hydroxyl groups excluding tert-OH is 7. The molecule has 0 aliphatic carbocycles. The van der Waals surface area contributed by atoms with Gasteiger partial charge < -0.3 is 70.0 Å². The molecule has 2 saturated heterocycles. The van der Waals surface area contributed by atoms with Gasteiger partial charge >= 0.3 is 5.97 Å². The molecule has 0 aromatic heterocycles. The minimum Gasteiger partial charge on any atom is -0.504 e. The molecule has 0 saturated carbocycles. The van der Waals surface area contributed by atoms with E-state index in [1.807, 2.05) is 0 Å². The van der Waals surface area contributed by atoms with Crippen molar-refractivity contribution in [3.63, 3.8) is 0 Å². The Kier molecular flexibility index (Phi) is 7.83. The second-order valence-corrected chi connectivity index (χ2v) is 7.84. The molecule has 0 radical (unpaired) electrons. The monoisotopic (exact) mass is 494 g/mol. The molecule has 10 N–H and O–H groups in total. The highest BCUT2D eigenvalue weighted by Crippen LogP contribution is 2.38. The van der Waals surface area contributed by atoms with Crippen LogP contribution in [0.15, 0.2) is 12.1 Å².